The van der Waals surface area contributed by atoms with Gasteiger partial charge in [-0.05, 0) is 77.3 Å². The topological polar surface area (TPSA) is 128 Å². The van der Waals surface area contributed by atoms with Crippen LogP contribution >= 0.6 is 0 Å². The van der Waals surface area contributed by atoms with Gasteiger partial charge in [-0.3, -0.25) is 8.98 Å². The number of carboxylic acids is 1. The van der Waals surface area contributed by atoms with Crippen molar-refractivity contribution in [2.75, 3.05) is 26.4 Å². The van der Waals surface area contributed by atoms with Crippen LogP contribution in [-0.2, 0) is 38.1 Å². The van der Waals surface area contributed by atoms with E-state index < -0.39 is 16.1 Å². The third-order valence-electron chi connectivity index (χ3n) is 8.80. The number of ether oxygens (including phenoxy) is 3. The van der Waals surface area contributed by atoms with E-state index in [1.165, 1.54) is 6.92 Å². The van der Waals surface area contributed by atoms with Crippen molar-refractivity contribution in [2.45, 2.75) is 88.2 Å². The quantitative estimate of drug-likeness (QED) is 0.220. The number of aliphatic carboxylic acids is 1. The average molecular weight is 725 g/mol. The van der Waals surface area contributed by atoms with Crippen LogP contribution in [0.3, 0.4) is 0 Å². The van der Waals surface area contributed by atoms with Crippen LogP contribution in [0.25, 0.3) is 0 Å². The molecule has 0 spiro atoms. The Labute approximate surface area is 309 Å². The summed E-state index contributed by atoms with van der Waals surface area (Å²) in [6.07, 6.45) is 11.6. The zero-order chi connectivity index (χ0) is 30.4. The van der Waals surface area contributed by atoms with Gasteiger partial charge in [0.25, 0.3) is 10.1 Å². The molecule has 228 valence electrons. The number of fused-ring (bicyclic) bond motifs is 6. The van der Waals surface area contributed by atoms with Gasteiger partial charge < -0.3 is 24.1 Å². The van der Waals surface area contributed by atoms with Gasteiger partial charge in [0.1, 0.15) is 0 Å². The molecule has 6 aliphatic rings. The van der Waals surface area contributed by atoms with Gasteiger partial charge in [-0.1, -0.05) is 29.8 Å². The second-order valence-corrected chi connectivity index (χ2v) is 13.5. The molecule has 1 aromatic carbocycles. The van der Waals surface area contributed by atoms with Crippen LogP contribution < -0.4 is 74.0 Å². The SMILES string of the molecule is C=CC12CCC(COC(C)=O)(CC1)CO2.C=CC12CCC(COS(=O)(=O)c3ccc(C)cc3)(CC1)CO2.CC(=O)[O-].[Cs+]. The molecule has 4 bridgehead atoms. The summed E-state index contributed by atoms with van der Waals surface area (Å²) in [5, 5.41) is 8.89. The molecule has 4 heterocycles. The Hall–Kier alpha value is -0.478. The number of esters is 1. The van der Waals surface area contributed by atoms with E-state index in [9.17, 15) is 13.2 Å². The van der Waals surface area contributed by atoms with Gasteiger partial charge in [-0.15, -0.1) is 13.2 Å². The van der Waals surface area contributed by atoms with Gasteiger partial charge in [0.2, 0.25) is 0 Å². The number of carbonyl (C=O) groups is 2. The minimum atomic E-state index is -3.70. The minimum Gasteiger partial charge on any atom is -0.550 e. The van der Waals surface area contributed by atoms with Gasteiger partial charge in [-0.25, -0.2) is 0 Å². The summed E-state index contributed by atoms with van der Waals surface area (Å²) in [7, 11) is -3.70. The molecule has 0 unspecified atom stereocenters. The summed E-state index contributed by atoms with van der Waals surface area (Å²) >= 11 is 0. The third kappa shape index (κ3) is 10.0. The summed E-state index contributed by atoms with van der Waals surface area (Å²) < 4.78 is 46.8. The van der Waals surface area contributed by atoms with E-state index in [0.29, 0.717) is 19.8 Å². The van der Waals surface area contributed by atoms with Crippen LogP contribution in [-0.4, -0.2) is 58.0 Å². The first-order chi connectivity index (χ1) is 19.2. The molecule has 0 N–H and O–H groups in total. The van der Waals surface area contributed by atoms with Crippen LogP contribution in [0.4, 0.5) is 0 Å². The largest absolute Gasteiger partial charge is 1.00 e. The molecule has 1 aromatic rings. The predicted octanol–water partition coefficient (Wildman–Crippen LogP) is 1.04. The molecule has 0 radical (unpaired) electrons. The molecule has 11 heteroatoms. The summed E-state index contributed by atoms with van der Waals surface area (Å²) in [6.45, 7) is 14.0. The fraction of sp³-hybridized carbons (Fsp3) is 0.613. The van der Waals surface area contributed by atoms with Crippen LogP contribution in [0, 0.1) is 17.8 Å². The van der Waals surface area contributed by atoms with Crippen molar-refractivity contribution >= 4 is 22.1 Å². The first-order valence-corrected chi connectivity index (χ1v) is 15.4. The first kappa shape index (κ1) is 37.7. The maximum absolute atomic E-state index is 12.3. The molecular formula is C31H43CsO9S. The Morgan fingerprint density at radius 1 is 0.857 bits per heavy atom. The van der Waals surface area contributed by atoms with Crippen LogP contribution in [0.15, 0.2) is 54.5 Å². The second kappa shape index (κ2) is 15.7. The Balaban J connectivity index is 0.000000268. The number of rotatable bonds is 8. The zero-order valence-corrected chi connectivity index (χ0v) is 32.5. The summed E-state index contributed by atoms with van der Waals surface area (Å²) in [6, 6.07) is 6.72. The monoisotopic (exact) mass is 724 g/mol. The van der Waals surface area contributed by atoms with Crippen molar-refractivity contribution in [1.82, 2.24) is 0 Å². The molecule has 2 saturated carbocycles. The second-order valence-electron chi connectivity index (χ2n) is 11.9. The van der Waals surface area contributed by atoms with Crippen LogP contribution in [0.5, 0.6) is 0 Å². The molecule has 0 amide bonds. The Morgan fingerprint density at radius 2 is 1.26 bits per heavy atom. The molecule has 6 fully saturated rings. The van der Waals surface area contributed by atoms with Gasteiger partial charge in [0, 0.05) is 23.7 Å². The van der Waals surface area contributed by atoms with E-state index in [1.807, 2.05) is 19.1 Å². The molecule has 42 heavy (non-hydrogen) atoms. The van der Waals surface area contributed by atoms with E-state index in [-0.39, 0.29) is 108 Å². The first-order valence-electron chi connectivity index (χ1n) is 14.0. The van der Waals surface area contributed by atoms with Crippen molar-refractivity contribution in [3.8, 4) is 0 Å². The fourth-order valence-electron chi connectivity index (χ4n) is 5.71. The van der Waals surface area contributed by atoms with Crippen LogP contribution in [0.1, 0.15) is 70.8 Å². The fourth-order valence-corrected chi connectivity index (χ4v) is 6.72. The Morgan fingerprint density at radius 3 is 1.60 bits per heavy atom. The van der Waals surface area contributed by atoms with Crippen molar-refractivity contribution < 1.29 is 110 Å². The maximum Gasteiger partial charge on any atom is 1.00 e. The molecular weight excluding hydrogens is 681 g/mol. The Bertz CT molecular complexity index is 1160. The number of hydrogen-bond donors (Lipinski definition) is 0. The number of benzene rings is 1. The molecule has 4 aliphatic heterocycles. The van der Waals surface area contributed by atoms with Crippen LogP contribution in [0.2, 0.25) is 0 Å². The molecule has 2 aliphatic carbocycles. The number of hydrogen-bond acceptors (Lipinski definition) is 9. The van der Waals surface area contributed by atoms with Gasteiger partial charge in [0.15, 0.2) is 0 Å². The molecule has 0 atom stereocenters. The average Bonchev–Trinajstić information content (AvgIpc) is 2.98. The zero-order valence-electron chi connectivity index (χ0n) is 25.4. The molecule has 9 nitrogen and oxygen atoms in total. The number of aryl methyl sites for hydroxylation is 1. The molecule has 4 saturated heterocycles. The van der Waals surface area contributed by atoms with Crippen molar-refractivity contribution in [2.24, 2.45) is 10.8 Å². The standard InChI is InChI=1S/C17H22O4S.C12H18O3.C2H4O2.Cs/c1-3-17-10-8-16(9-11-17,12-20-17)13-21-22(18,19)15-6-4-14(2)5-7-15;1-3-12-6-4-11(5-7-12,9-15-12)8-14-10(2)13;1-2(3)4;/h3-7H,1,8-13H2,2H3;3H,1,4-9H2,2H3;1H3,(H,3,4);/q;;;+1/p-1. The third-order valence-corrected chi connectivity index (χ3v) is 10.1. The van der Waals surface area contributed by atoms with E-state index in [2.05, 4.69) is 13.2 Å². The minimum absolute atomic E-state index is 0. The molecule has 0 aromatic heterocycles. The Kier molecular flexibility index (Phi) is 14.1. The van der Waals surface area contributed by atoms with Crippen molar-refractivity contribution in [3.05, 3.63) is 55.1 Å². The van der Waals surface area contributed by atoms with E-state index >= 15 is 0 Å². The van der Waals surface area contributed by atoms with Gasteiger partial charge in [-0.2, -0.15) is 8.42 Å². The van der Waals surface area contributed by atoms with Gasteiger partial charge in [0.05, 0.1) is 42.5 Å². The van der Waals surface area contributed by atoms with Crippen molar-refractivity contribution in [1.29, 1.82) is 0 Å². The maximum atomic E-state index is 12.3. The summed E-state index contributed by atoms with van der Waals surface area (Å²) in [4.78, 5) is 19.9. The van der Waals surface area contributed by atoms with Crippen molar-refractivity contribution in [3.63, 3.8) is 0 Å². The predicted molar refractivity (Wildman–Crippen MR) is 151 cm³/mol. The smallest absolute Gasteiger partial charge is 0.550 e. The summed E-state index contributed by atoms with van der Waals surface area (Å²) in [5.41, 5.74) is 0.639. The number of carboxylic acid groups (broad SMARTS) is 1. The van der Waals surface area contributed by atoms with E-state index in [1.54, 1.807) is 24.3 Å². The number of carbonyl (C=O) groups excluding carboxylic acids is 2. The van der Waals surface area contributed by atoms with E-state index in [0.717, 1.165) is 63.9 Å². The normalized spacial score (nSPS) is 30.7. The van der Waals surface area contributed by atoms with Gasteiger partial charge >= 0.3 is 74.9 Å². The summed E-state index contributed by atoms with van der Waals surface area (Å²) in [5.74, 6) is -1.28. The molecule has 7 rings (SSSR count). The van der Waals surface area contributed by atoms with E-state index in [4.69, 9.17) is 28.3 Å².